The fourth-order valence-electron chi connectivity index (χ4n) is 2.49. The maximum atomic E-state index is 11.1. The summed E-state index contributed by atoms with van der Waals surface area (Å²) in [6.07, 6.45) is 2.70. The van der Waals surface area contributed by atoms with Gasteiger partial charge >= 0.3 is 6.09 Å². The predicted octanol–water partition coefficient (Wildman–Crippen LogP) is 2.09. The standard InChI is InChI=1S/C16H24N2O4/c1-21-16(20)17-13-5-7-15(8-6-13)22-12-14(19)11-18-9-3-2-4-10-18/h5-8,14,19H,2-4,9-12H2,1H3,(H,17,20). The Morgan fingerprint density at radius 3 is 2.59 bits per heavy atom. The lowest BCUT2D eigenvalue weighted by Crippen LogP contribution is -2.38. The molecule has 1 atom stereocenters. The molecule has 0 aromatic heterocycles. The van der Waals surface area contributed by atoms with Crippen molar-refractivity contribution in [3.8, 4) is 5.75 Å². The molecule has 0 bridgehead atoms. The summed E-state index contributed by atoms with van der Waals surface area (Å²) in [5.41, 5.74) is 0.632. The average molecular weight is 308 g/mol. The number of nitrogens with zero attached hydrogens (tertiary/aromatic N) is 1. The molecule has 1 aliphatic rings. The molecule has 2 rings (SSSR count). The van der Waals surface area contributed by atoms with E-state index in [2.05, 4.69) is 15.0 Å². The minimum absolute atomic E-state index is 0.264. The Kier molecular flexibility index (Phi) is 6.48. The number of carbonyl (C=O) groups is 1. The molecular formula is C16H24N2O4. The van der Waals surface area contributed by atoms with Crippen molar-refractivity contribution in [3.05, 3.63) is 24.3 Å². The number of anilines is 1. The van der Waals surface area contributed by atoms with E-state index in [1.807, 2.05) is 0 Å². The number of nitrogens with one attached hydrogen (secondary N) is 1. The minimum Gasteiger partial charge on any atom is -0.491 e. The molecule has 1 amide bonds. The Morgan fingerprint density at radius 1 is 1.27 bits per heavy atom. The van der Waals surface area contributed by atoms with Crippen LogP contribution in [0.2, 0.25) is 0 Å². The van der Waals surface area contributed by atoms with Gasteiger partial charge in [-0.25, -0.2) is 4.79 Å². The average Bonchev–Trinajstić information content (AvgIpc) is 2.55. The van der Waals surface area contributed by atoms with Crippen LogP contribution >= 0.6 is 0 Å². The number of methoxy groups -OCH3 is 1. The third-order valence-corrected chi connectivity index (χ3v) is 3.65. The van der Waals surface area contributed by atoms with Gasteiger partial charge in [-0.15, -0.1) is 0 Å². The van der Waals surface area contributed by atoms with Crippen molar-refractivity contribution in [2.75, 3.05) is 38.7 Å². The lowest BCUT2D eigenvalue weighted by molar-refractivity contribution is 0.0617. The molecule has 1 aliphatic heterocycles. The molecule has 1 saturated heterocycles. The van der Waals surface area contributed by atoms with Gasteiger partial charge < -0.3 is 19.5 Å². The molecule has 0 aliphatic carbocycles. The van der Waals surface area contributed by atoms with E-state index in [9.17, 15) is 9.90 Å². The van der Waals surface area contributed by atoms with E-state index in [4.69, 9.17) is 4.74 Å². The summed E-state index contributed by atoms with van der Waals surface area (Å²) in [5.74, 6) is 0.660. The van der Waals surface area contributed by atoms with Crippen LogP contribution in [-0.4, -0.2) is 55.6 Å². The number of ether oxygens (including phenoxy) is 2. The molecule has 2 N–H and O–H groups in total. The van der Waals surface area contributed by atoms with Gasteiger partial charge in [-0.1, -0.05) is 6.42 Å². The van der Waals surface area contributed by atoms with Crippen LogP contribution in [0.4, 0.5) is 10.5 Å². The Balaban J connectivity index is 1.72. The Labute approximate surface area is 131 Å². The summed E-state index contributed by atoms with van der Waals surface area (Å²) in [5, 5.41) is 12.6. The summed E-state index contributed by atoms with van der Waals surface area (Å²) in [4.78, 5) is 13.3. The zero-order valence-corrected chi connectivity index (χ0v) is 13.0. The van der Waals surface area contributed by atoms with Crippen molar-refractivity contribution < 1.29 is 19.4 Å². The van der Waals surface area contributed by atoms with Crippen LogP contribution in [0.15, 0.2) is 24.3 Å². The molecule has 22 heavy (non-hydrogen) atoms. The van der Waals surface area contributed by atoms with Crippen LogP contribution < -0.4 is 10.1 Å². The van der Waals surface area contributed by atoms with Gasteiger partial charge in [0.05, 0.1) is 7.11 Å². The monoisotopic (exact) mass is 308 g/mol. The molecule has 1 unspecified atom stereocenters. The van der Waals surface area contributed by atoms with Crippen molar-refractivity contribution in [2.24, 2.45) is 0 Å². The van der Waals surface area contributed by atoms with Gasteiger partial charge in [0.15, 0.2) is 0 Å². The molecular weight excluding hydrogens is 284 g/mol. The maximum Gasteiger partial charge on any atom is 0.411 e. The zero-order valence-electron chi connectivity index (χ0n) is 13.0. The predicted molar refractivity (Wildman–Crippen MR) is 84.3 cm³/mol. The number of amides is 1. The highest BCUT2D eigenvalue weighted by molar-refractivity contribution is 5.84. The number of aliphatic hydroxyl groups excluding tert-OH is 1. The number of hydrogen-bond donors (Lipinski definition) is 2. The number of rotatable bonds is 6. The van der Waals surface area contributed by atoms with Crippen molar-refractivity contribution in [1.82, 2.24) is 4.90 Å². The van der Waals surface area contributed by atoms with Crippen LogP contribution in [0.3, 0.4) is 0 Å². The van der Waals surface area contributed by atoms with Crippen molar-refractivity contribution in [1.29, 1.82) is 0 Å². The lowest BCUT2D eigenvalue weighted by atomic mass is 10.1. The van der Waals surface area contributed by atoms with Gasteiger partial charge in [-0.05, 0) is 50.2 Å². The Bertz CT molecular complexity index is 458. The number of hydrogen-bond acceptors (Lipinski definition) is 5. The SMILES string of the molecule is COC(=O)Nc1ccc(OCC(O)CN2CCCCC2)cc1. The molecule has 0 spiro atoms. The second-order valence-electron chi connectivity index (χ2n) is 5.47. The minimum atomic E-state index is -0.509. The van der Waals surface area contributed by atoms with Crippen LogP contribution in [-0.2, 0) is 4.74 Å². The normalized spacial score (nSPS) is 16.8. The van der Waals surface area contributed by atoms with Crippen molar-refractivity contribution in [3.63, 3.8) is 0 Å². The first-order valence-corrected chi connectivity index (χ1v) is 7.65. The highest BCUT2D eigenvalue weighted by Gasteiger charge is 2.15. The van der Waals surface area contributed by atoms with E-state index in [1.165, 1.54) is 26.4 Å². The third kappa shape index (κ3) is 5.54. The quantitative estimate of drug-likeness (QED) is 0.842. The first-order valence-electron chi connectivity index (χ1n) is 7.65. The summed E-state index contributed by atoms with van der Waals surface area (Å²) in [6, 6.07) is 6.95. The highest BCUT2D eigenvalue weighted by atomic mass is 16.5. The number of carbonyl (C=O) groups excluding carboxylic acids is 1. The van der Waals surface area contributed by atoms with Gasteiger partial charge in [0.2, 0.25) is 0 Å². The summed E-state index contributed by atoms with van der Waals surface area (Å²) < 4.78 is 10.1. The van der Waals surface area contributed by atoms with E-state index >= 15 is 0 Å². The number of benzene rings is 1. The van der Waals surface area contributed by atoms with E-state index in [-0.39, 0.29) is 6.61 Å². The molecule has 122 valence electrons. The topological polar surface area (TPSA) is 71.0 Å². The molecule has 1 fully saturated rings. The fourth-order valence-corrected chi connectivity index (χ4v) is 2.49. The van der Waals surface area contributed by atoms with Crippen LogP contribution in [0, 0.1) is 0 Å². The van der Waals surface area contributed by atoms with Crippen molar-refractivity contribution >= 4 is 11.8 Å². The molecule has 6 nitrogen and oxygen atoms in total. The van der Waals surface area contributed by atoms with E-state index < -0.39 is 12.2 Å². The summed E-state index contributed by atoms with van der Waals surface area (Å²) in [7, 11) is 1.32. The van der Waals surface area contributed by atoms with E-state index in [0.29, 0.717) is 18.0 Å². The van der Waals surface area contributed by atoms with Gasteiger partial charge in [0, 0.05) is 12.2 Å². The molecule has 1 aromatic rings. The number of β-amino-alcohol motifs (C(OH)–C–C–N with tert-alkyl or cyclic N) is 1. The number of aliphatic hydroxyl groups is 1. The molecule has 1 aromatic carbocycles. The second-order valence-corrected chi connectivity index (χ2v) is 5.47. The highest BCUT2D eigenvalue weighted by Crippen LogP contribution is 2.16. The molecule has 6 heteroatoms. The smallest absolute Gasteiger partial charge is 0.411 e. The Morgan fingerprint density at radius 2 is 1.95 bits per heavy atom. The van der Waals surface area contributed by atoms with E-state index in [1.54, 1.807) is 24.3 Å². The molecule has 0 saturated carbocycles. The van der Waals surface area contributed by atoms with E-state index in [0.717, 1.165) is 13.1 Å². The van der Waals surface area contributed by atoms with Crippen molar-refractivity contribution in [2.45, 2.75) is 25.4 Å². The molecule has 0 radical (unpaired) electrons. The van der Waals surface area contributed by atoms with Gasteiger partial charge in [0.25, 0.3) is 0 Å². The van der Waals surface area contributed by atoms with Crippen LogP contribution in [0.5, 0.6) is 5.75 Å². The first kappa shape index (κ1) is 16.6. The largest absolute Gasteiger partial charge is 0.491 e. The third-order valence-electron chi connectivity index (χ3n) is 3.65. The summed E-state index contributed by atoms with van der Waals surface area (Å²) in [6.45, 7) is 3.04. The first-order chi connectivity index (χ1) is 10.7. The number of likely N-dealkylation sites (tertiary alicyclic amines) is 1. The van der Waals surface area contributed by atoms with Gasteiger partial charge in [-0.3, -0.25) is 5.32 Å². The van der Waals surface area contributed by atoms with Crippen LogP contribution in [0.1, 0.15) is 19.3 Å². The fraction of sp³-hybridized carbons (Fsp3) is 0.562. The van der Waals surface area contributed by atoms with Gasteiger partial charge in [0.1, 0.15) is 18.5 Å². The van der Waals surface area contributed by atoms with Crippen LogP contribution in [0.25, 0.3) is 0 Å². The maximum absolute atomic E-state index is 11.1. The zero-order chi connectivity index (χ0) is 15.8. The second kappa shape index (κ2) is 8.60. The Hall–Kier alpha value is -1.79. The molecule has 1 heterocycles. The summed E-state index contributed by atoms with van der Waals surface area (Å²) >= 11 is 0. The van der Waals surface area contributed by atoms with Gasteiger partial charge in [-0.2, -0.15) is 0 Å². The number of piperidine rings is 1. The lowest BCUT2D eigenvalue weighted by Gasteiger charge is -2.28.